The largest absolute Gasteiger partial charge is 0.324 e. The summed E-state index contributed by atoms with van der Waals surface area (Å²) in [5.74, 6) is 0.594. The molecule has 1 aromatic carbocycles. The standard InChI is InChI=1S/C14H18N4O/c19-13(8-10-4-6-15-7-5-10)17-12-3-1-2-11-9-16-18-14(11)12/h1-3,9-10,15H,4-8H2,(H,16,18)(H,17,19). The van der Waals surface area contributed by atoms with Gasteiger partial charge in [0.15, 0.2) is 0 Å². The van der Waals surface area contributed by atoms with Crippen LogP contribution in [-0.2, 0) is 4.79 Å². The zero-order chi connectivity index (χ0) is 13.1. The van der Waals surface area contributed by atoms with Crippen molar-refractivity contribution >= 4 is 22.5 Å². The van der Waals surface area contributed by atoms with Gasteiger partial charge in [0.2, 0.25) is 5.91 Å². The molecule has 1 aliphatic heterocycles. The molecule has 0 aliphatic carbocycles. The third-order valence-corrected chi connectivity index (χ3v) is 3.68. The molecule has 1 fully saturated rings. The zero-order valence-corrected chi connectivity index (χ0v) is 10.8. The Labute approximate surface area is 111 Å². The number of nitrogens with zero attached hydrogens (tertiary/aromatic N) is 1. The van der Waals surface area contributed by atoms with E-state index in [9.17, 15) is 4.79 Å². The Morgan fingerprint density at radius 2 is 2.21 bits per heavy atom. The molecule has 1 aromatic heterocycles. The van der Waals surface area contributed by atoms with E-state index in [2.05, 4.69) is 20.8 Å². The number of fused-ring (bicyclic) bond motifs is 1. The highest BCUT2D eigenvalue weighted by Gasteiger charge is 2.17. The summed E-state index contributed by atoms with van der Waals surface area (Å²) in [6.45, 7) is 2.04. The van der Waals surface area contributed by atoms with Crippen LogP contribution in [0.25, 0.3) is 10.9 Å². The first-order valence-electron chi connectivity index (χ1n) is 6.75. The molecule has 5 heteroatoms. The quantitative estimate of drug-likeness (QED) is 0.787. The van der Waals surface area contributed by atoms with Crippen LogP contribution in [0.4, 0.5) is 5.69 Å². The van der Waals surface area contributed by atoms with Crippen LogP contribution in [0.15, 0.2) is 24.4 Å². The van der Waals surface area contributed by atoms with E-state index in [4.69, 9.17) is 0 Å². The van der Waals surface area contributed by atoms with Crippen LogP contribution in [0, 0.1) is 5.92 Å². The molecule has 0 spiro atoms. The van der Waals surface area contributed by atoms with Crippen molar-refractivity contribution in [2.45, 2.75) is 19.3 Å². The molecule has 2 aromatic rings. The van der Waals surface area contributed by atoms with Crippen molar-refractivity contribution in [1.29, 1.82) is 0 Å². The zero-order valence-electron chi connectivity index (χ0n) is 10.8. The smallest absolute Gasteiger partial charge is 0.224 e. The minimum Gasteiger partial charge on any atom is -0.324 e. The predicted molar refractivity (Wildman–Crippen MR) is 74.9 cm³/mol. The second-order valence-electron chi connectivity index (χ2n) is 5.09. The lowest BCUT2D eigenvalue weighted by molar-refractivity contribution is -0.117. The van der Waals surface area contributed by atoms with Gasteiger partial charge < -0.3 is 10.6 Å². The Kier molecular flexibility index (Phi) is 3.46. The summed E-state index contributed by atoms with van der Waals surface area (Å²) in [5, 5.41) is 14.2. The molecule has 3 N–H and O–H groups in total. The highest BCUT2D eigenvalue weighted by atomic mass is 16.1. The molecular weight excluding hydrogens is 240 g/mol. The van der Waals surface area contributed by atoms with Crippen LogP contribution in [0.3, 0.4) is 0 Å². The SMILES string of the molecule is O=C(CC1CCNCC1)Nc1cccc2cn[nH]c12. The Balaban J connectivity index is 1.67. The maximum absolute atomic E-state index is 12.1. The lowest BCUT2D eigenvalue weighted by Crippen LogP contribution is -2.30. The fraction of sp³-hybridized carbons (Fsp3) is 0.429. The number of amides is 1. The van der Waals surface area contributed by atoms with Gasteiger partial charge in [0.05, 0.1) is 17.4 Å². The van der Waals surface area contributed by atoms with Gasteiger partial charge in [-0.25, -0.2) is 0 Å². The van der Waals surface area contributed by atoms with Gasteiger partial charge >= 0.3 is 0 Å². The summed E-state index contributed by atoms with van der Waals surface area (Å²) < 4.78 is 0. The van der Waals surface area contributed by atoms with Gasteiger partial charge in [0, 0.05) is 11.8 Å². The summed E-state index contributed by atoms with van der Waals surface area (Å²) >= 11 is 0. The molecule has 3 rings (SSSR count). The van der Waals surface area contributed by atoms with Gasteiger partial charge in [-0.3, -0.25) is 9.89 Å². The number of carbonyl (C=O) groups excluding carboxylic acids is 1. The van der Waals surface area contributed by atoms with E-state index in [0.29, 0.717) is 12.3 Å². The normalized spacial score (nSPS) is 16.6. The first-order valence-corrected chi connectivity index (χ1v) is 6.75. The first kappa shape index (κ1) is 12.2. The van der Waals surface area contributed by atoms with Gasteiger partial charge in [-0.05, 0) is 37.9 Å². The summed E-state index contributed by atoms with van der Waals surface area (Å²) in [7, 11) is 0. The number of hydrogen-bond acceptors (Lipinski definition) is 3. The Hall–Kier alpha value is -1.88. The molecule has 2 heterocycles. The molecule has 0 radical (unpaired) electrons. The number of benzene rings is 1. The highest BCUT2D eigenvalue weighted by molar-refractivity contribution is 6.00. The molecule has 100 valence electrons. The molecule has 1 aliphatic rings. The molecule has 5 nitrogen and oxygen atoms in total. The molecule has 0 bridgehead atoms. The summed E-state index contributed by atoms with van der Waals surface area (Å²) in [6, 6.07) is 5.81. The van der Waals surface area contributed by atoms with Gasteiger partial charge in [-0.2, -0.15) is 5.10 Å². The van der Waals surface area contributed by atoms with E-state index in [1.54, 1.807) is 6.20 Å². The fourth-order valence-electron chi connectivity index (χ4n) is 2.62. The highest BCUT2D eigenvalue weighted by Crippen LogP contribution is 2.22. The van der Waals surface area contributed by atoms with Gasteiger partial charge in [-0.1, -0.05) is 12.1 Å². The van der Waals surface area contributed by atoms with Crippen molar-refractivity contribution in [3.63, 3.8) is 0 Å². The van der Waals surface area contributed by atoms with Gasteiger partial charge in [-0.15, -0.1) is 0 Å². The van der Waals surface area contributed by atoms with Gasteiger partial charge in [0.25, 0.3) is 0 Å². The predicted octanol–water partition coefficient (Wildman–Crippen LogP) is 1.89. The number of anilines is 1. The number of aromatic amines is 1. The number of carbonyl (C=O) groups is 1. The van der Waals surface area contributed by atoms with Crippen molar-refractivity contribution < 1.29 is 4.79 Å². The number of piperidine rings is 1. The topological polar surface area (TPSA) is 69.8 Å². The van der Waals surface area contributed by atoms with E-state index in [-0.39, 0.29) is 5.91 Å². The average molecular weight is 258 g/mol. The minimum atomic E-state index is 0.0917. The number of aromatic nitrogens is 2. The Bertz CT molecular complexity index is 572. The maximum Gasteiger partial charge on any atom is 0.224 e. The lowest BCUT2D eigenvalue weighted by atomic mass is 9.94. The third kappa shape index (κ3) is 2.76. The number of hydrogen-bond donors (Lipinski definition) is 3. The molecule has 0 atom stereocenters. The van der Waals surface area contributed by atoms with Crippen LogP contribution >= 0.6 is 0 Å². The van der Waals surface area contributed by atoms with E-state index in [1.807, 2.05) is 18.2 Å². The average Bonchev–Trinajstić information content (AvgIpc) is 2.89. The van der Waals surface area contributed by atoms with Crippen LogP contribution in [0.5, 0.6) is 0 Å². The molecule has 0 saturated carbocycles. The van der Waals surface area contributed by atoms with Crippen LogP contribution in [0.2, 0.25) is 0 Å². The van der Waals surface area contributed by atoms with Crippen molar-refractivity contribution in [3.8, 4) is 0 Å². The minimum absolute atomic E-state index is 0.0917. The van der Waals surface area contributed by atoms with E-state index in [1.165, 1.54) is 0 Å². The molecule has 1 amide bonds. The Morgan fingerprint density at radius 3 is 3.05 bits per heavy atom. The van der Waals surface area contributed by atoms with Crippen molar-refractivity contribution in [2.24, 2.45) is 5.92 Å². The fourth-order valence-corrected chi connectivity index (χ4v) is 2.62. The maximum atomic E-state index is 12.1. The van der Waals surface area contributed by atoms with E-state index >= 15 is 0 Å². The summed E-state index contributed by atoms with van der Waals surface area (Å²) in [4.78, 5) is 12.1. The summed E-state index contributed by atoms with van der Waals surface area (Å²) in [5.41, 5.74) is 1.70. The number of rotatable bonds is 3. The van der Waals surface area contributed by atoms with E-state index in [0.717, 1.165) is 42.5 Å². The van der Waals surface area contributed by atoms with Crippen molar-refractivity contribution in [3.05, 3.63) is 24.4 Å². The van der Waals surface area contributed by atoms with Gasteiger partial charge in [0.1, 0.15) is 0 Å². The summed E-state index contributed by atoms with van der Waals surface area (Å²) in [6.07, 6.45) is 4.54. The monoisotopic (exact) mass is 258 g/mol. The lowest BCUT2D eigenvalue weighted by Gasteiger charge is -2.21. The first-order chi connectivity index (χ1) is 9.33. The van der Waals surface area contributed by atoms with E-state index < -0.39 is 0 Å². The second-order valence-corrected chi connectivity index (χ2v) is 5.09. The Morgan fingerprint density at radius 1 is 1.37 bits per heavy atom. The van der Waals surface area contributed by atoms with Crippen LogP contribution in [0.1, 0.15) is 19.3 Å². The van der Waals surface area contributed by atoms with Crippen molar-refractivity contribution in [1.82, 2.24) is 15.5 Å². The van der Waals surface area contributed by atoms with Crippen LogP contribution in [-0.4, -0.2) is 29.2 Å². The number of nitrogens with one attached hydrogen (secondary N) is 3. The molecule has 1 saturated heterocycles. The van der Waals surface area contributed by atoms with Crippen LogP contribution < -0.4 is 10.6 Å². The number of para-hydroxylation sites is 1. The molecular formula is C14H18N4O. The molecule has 19 heavy (non-hydrogen) atoms. The molecule has 0 unspecified atom stereocenters. The second kappa shape index (κ2) is 5.40. The third-order valence-electron chi connectivity index (χ3n) is 3.68. The number of H-pyrrole nitrogens is 1. The van der Waals surface area contributed by atoms with Crippen molar-refractivity contribution in [2.75, 3.05) is 18.4 Å².